The molecule has 4 rings (SSSR count). The molecular formula is C19H18N6O. The average molecular weight is 346 g/mol. The van der Waals surface area contributed by atoms with E-state index in [0.29, 0.717) is 16.9 Å². The van der Waals surface area contributed by atoms with Gasteiger partial charge in [-0.15, -0.1) is 0 Å². The summed E-state index contributed by atoms with van der Waals surface area (Å²) in [5, 5.41) is 11.9. The molecular weight excluding hydrogens is 328 g/mol. The van der Waals surface area contributed by atoms with E-state index >= 15 is 0 Å². The highest BCUT2D eigenvalue weighted by atomic mass is 16.1. The molecule has 5 N–H and O–H groups in total. The predicted octanol–water partition coefficient (Wildman–Crippen LogP) is 1.74. The SMILES string of the molecule is N=C(c1cc[nH]c(=O)c1)c1c(N)ncnc1NC1Cc2ccccc2C1. The maximum atomic E-state index is 11.6. The highest BCUT2D eigenvalue weighted by molar-refractivity contribution is 6.16. The van der Waals surface area contributed by atoms with Crippen molar-refractivity contribution in [3.05, 3.63) is 81.5 Å². The van der Waals surface area contributed by atoms with E-state index in [2.05, 4.69) is 32.4 Å². The molecule has 0 spiro atoms. The molecule has 130 valence electrons. The van der Waals surface area contributed by atoms with Crippen LogP contribution in [0, 0.1) is 5.41 Å². The number of aromatic nitrogens is 3. The van der Waals surface area contributed by atoms with E-state index in [-0.39, 0.29) is 23.1 Å². The number of nitrogens with two attached hydrogens (primary N) is 1. The number of nitrogen functional groups attached to an aromatic ring is 1. The summed E-state index contributed by atoms with van der Waals surface area (Å²) in [6.45, 7) is 0. The Morgan fingerprint density at radius 2 is 1.92 bits per heavy atom. The second-order valence-corrected chi connectivity index (χ2v) is 6.32. The Kier molecular flexibility index (Phi) is 3.96. The lowest BCUT2D eigenvalue weighted by Gasteiger charge is -2.17. The Balaban J connectivity index is 1.65. The Hall–Kier alpha value is -3.48. The predicted molar refractivity (Wildman–Crippen MR) is 101 cm³/mol. The monoisotopic (exact) mass is 346 g/mol. The van der Waals surface area contributed by atoms with Crippen LogP contribution in [0.25, 0.3) is 0 Å². The van der Waals surface area contributed by atoms with Gasteiger partial charge in [-0.2, -0.15) is 0 Å². The molecule has 0 fully saturated rings. The molecule has 1 aromatic carbocycles. The molecule has 3 aromatic rings. The number of benzene rings is 1. The van der Waals surface area contributed by atoms with Gasteiger partial charge in [-0.1, -0.05) is 24.3 Å². The van der Waals surface area contributed by atoms with Gasteiger partial charge in [0.1, 0.15) is 18.0 Å². The number of rotatable bonds is 4. The molecule has 0 bridgehead atoms. The summed E-state index contributed by atoms with van der Waals surface area (Å²) in [6, 6.07) is 11.5. The van der Waals surface area contributed by atoms with Crippen LogP contribution in [0.5, 0.6) is 0 Å². The zero-order valence-corrected chi connectivity index (χ0v) is 14.0. The summed E-state index contributed by atoms with van der Waals surface area (Å²) in [5.41, 5.74) is 9.39. The lowest BCUT2D eigenvalue weighted by molar-refractivity contribution is 0.767. The van der Waals surface area contributed by atoms with E-state index in [9.17, 15) is 4.79 Å². The minimum Gasteiger partial charge on any atom is -0.383 e. The Labute approximate surface area is 149 Å². The maximum Gasteiger partial charge on any atom is 0.248 e. The molecule has 2 aromatic heterocycles. The number of hydrogen-bond donors (Lipinski definition) is 4. The lowest BCUT2D eigenvalue weighted by Crippen LogP contribution is -2.23. The van der Waals surface area contributed by atoms with Crippen molar-refractivity contribution in [3.8, 4) is 0 Å². The second kappa shape index (κ2) is 6.44. The third-order valence-electron chi connectivity index (χ3n) is 4.58. The van der Waals surface area contributed by atoms with Crippen molar-refractivity contribution in [1.82, 2.24) is 15.0 Å². The fourth-order valence-corrected chi connectivity index (χ4v) is 3.35. The molecule has 1 aliphatic carbocycles. The second-order valence-electron chi connectivity index (χ2n) is 6.32. The van der Waals surface area contributed by atoms with Crippen LogP contribution in [0.3, 0.4) is 0 Å². The summed E-state index contributed by atoms with van der Waals surface area (Å²) < 4.78 is 0. The molecule has 0 atom stereocenters. The Bertz CT molecular complexity index is 1020. The van der Waals surface area contributed by atoms with E-state index in [0.717, 1.165) is 12.8 Å². The number of nitrogens with one attached hydrogen (secondary N) is 3. The maximum absolute atomic E-state index is 11.6. The third-order valence-corrected chi connectivity index (χ3v) is 4.58. The number of aromatic amines is 1. The first-order chi connectivity index (χ1) is 12.6. The average Bonchev–Trinajstić information content (AvgIpc) is 3.04. The summed E-state index contributed by atoms with van der Waals surface area (Å²) >= 11 is 0. The van der Waals surface area contributed by atoms with Gasteiger partial charge >= 0.3 is 0 Å². The quantitative estimate of drug-likeness (QED) is 0.536. The van der Waals surface area contributed by atoms with Gasteiger partial charge < -0.3 is 16.0 Å². The smallest absolute Gasteiger partial charge is 0.248 e. The van der Waals surface area contributed by atoms with E-state index < -0.39 is 0 Å². The third kappa shape index (κ3) is 2.95. The molecule has 2 heterocycles. The van der Waals surface area contributed by atoms with Crippen molar-refractivity contribution >= 4 is 17.3 Å². The molecule has 0 saturated heterocycles. The topological polar surface area (TPSA) is 121 Å². The number of anilines is 2. The summed E-state index contributed by atoms with van der Waals surface area (Å²) in [6.07, 6.45) is 4.66. The van der Waals surface area contributed by atoms with Crippen LogP contribution < -0.4 is 16.6 Å². The standard InChI is InChI=1S/C19H18N6O/c20-17(13-5-6-22-15(26)9-13)16-18(21)23-10-24-19(16)25-14-7-11-3-1-2-4-12(11)8-14/h1-6,9-10,14,20H,7-8H2,(H,22,26)(H3,21,23,24,25). The van der Waals surface area contributed by atoms with E-state index in [1.807, 2.05) is 12.1 Å². The molecule has 0 amide bonds. The largest absolute Gasteiger partial charge is 0.383 e. The first-order valence-electron chi connectivity index (χ1n) is 8.33. The van der Waals surface area contributed by atoms with E-state index in [1.165, 1.54) is 29.7 Å². The molecule has 0 radical (unpaired) electrons. The number of hydrogen-bond acceptors (Lipinski definition) is 6. The number of nitrogens with zero attached hydrogens (tertiary/aromatic N) is 2. The lowest BCUT2D eigenvalue weighted by atomic mass is 10.0. The number of fused-ring (bicyclic) bond motifs is 1. The minimum atomic E-state index is -0.275. The van der Waals surface area contributed by atoms with Crippen LogP contribution in [0.1, 0.15) is 22.3 Å². The molecule has 7 heteroatoms. The molecule has 0 aliphatic heterocycles. The Morgan fingerprint density at radius 1 is 1.19 bits per heavy atom. The van der Waals surface area contributed by atoms with E-state index in [4.69, 9.17) is 11.1 Å². The van der Waals surface area contributed by atoms with Gasteiger partial charge in [0.25, 0.3) is 0 Å². The van der Waals surface area contributed by atoms with Crippen LogP contribution in [0.15, 0.2) is 53.7 Å². The highest BCUT2D eigenvalue weighted by Gasteiger charge is 2.24. The fourth-order valence-electron chi connectivity index (χ4n) is 3.35. The summed E-state index contributed by atoms with van der Waals surface area (Å²) in [4.78, 5) is 22.4. The molecule has 7 nitrogen and oxygen atoms in total. The van der Waals surface area contributed by atoms with Crippen molar-refractivity contribution in [2.45, 2.75) is 18.9 Å². The van der Waals surface area contributed by atoms with Gasteiger partial charge in [-0.25, -0.2) is 9.97 Å². The van der Waals surface area contributed by atoms with Crippen molar-refractivity contribution in [2.75, 3.05) is 11.1 Å². The molecule has 1 aliphatic rings. The van der Waals surface area contributed by atoms with Gasteiger partial charge in [0.05, 0.1) is 11.3 Å². The van der Waals surface area contributed by atoms with Gasteiger partial charge in [-0.3, -0.25) is 10.2 Å². The summed E-state index contributed by atoms with van der Waals surface area (Å²) in [5.74, 6) is 0.726. The Morgan fingerprint density at radius 3 is 2.62 bits per heavy atom. The molecule has 0 saturated carbocycles. The van der Waals surface area contributed by atoms with Crippen LogP contribution in [-0.2, 0) is 12.8 Å². The fraction of sp³-hybridized carbons (Fsp3) is 0.158. The first kappa shape index (κ1) is 16.0. The zero-order valence-electron chi connectivity index (χ0n) is 14.0. The van der Waals surface area contributed by atoms with Crippen molar-refractivity contribution in [3.63, 3.8) is 0 Å². The molecule has 0 unspecified atom stereocenters. The van der Waals surface area contributed by atoms with E-state index in [1.54, 1.807) is 6.07 Å². The normalized spacial score (nSPS) is 13.4. The minimum absolute atomic E-state index is 0.118. The first-order valence-corrected chi connectivity index (χ1v) is 8.33. The van der Waals surface area contributed by atoms with Crippen LogP contribution in [0.4, 0.5) is 11.6 Å². The van der Waals surface area contributed by atoms with Gasteiger partial charge in [0.15, 0.2) is 0 Å². The van der Waals surface area contributed by atoms with Crippen molar-refractivity contribution in [1.29, 1.82) is 5.41 Å². The van der Waals surface area contributed by atoms with Gasteiger partial charge in [0, 0.05) is 23.9 Å². The van der Waals surface area contributed by atoms with Crippen molar-refractivity contribution in [2.24, 2.45) is 0 Å². The van der Waals surface area contributed by atoms with Gasteiger partial charge in [-0.05, 0) is 30.0 Å². The number of H-pyrrole nitrogens is 1. The zero-order chi connectivity index (χ0) is 18.1. The summed E-state index contributed by atoms with van der Waals surface area (Å²) in [7, 11) is 0. The van der Waals surface area contributed by atoms with Gasteiger partial charge in [0.2, 0.25) is 5.56 Å². The number of pyridine rings is 1. The van der Waals surface area contributed by atoms with Crippen LogP contribution in [0.2, 0.25) is 0 Å². The highest BCUT2D eigenvalue weighted by Crippen LogP contribution is 2.27. The van der Waals surface area contributed by atoms with Crippen LogP contribution in [-0.4, -0.2) is 26.7 Å². The molecule has 26 heavy (non-hydrogen) atoms. The van der Waals surface area contributed by atoms with Crippen molar-refractivity contribution < 1.29 is 0 Å². The van der Waals surface area contributed by atoms with Crippen LogP contribution >= 0.6 is 0 Å².